The second-order valence-electron chi connectivity index (χ2n) is 36.8. The van der Waals surface area contributed by atoms with Crippen LogP contribution in [0.5, 0.6) is 23.0 Å². The lowest BCUT2D eigenvalue weighted by Gasteiger charge is -2.34. The number of thiazole rings is 2. The van der Waals surface area contributed by atoms with Crippen LogP contribution < -0.4 is 50.8 Å². The molecule has 134 heavy (non-hydrogen) atoms. The van der Waals surface area contributed by atoms with E-state index in [2.05, 4.69) is 31.9 Å². The van der Waals surface area contributed by atoms with E-state index in [-0.39, 0.29) is 91.6 Å². The molecule has 8 heterocycles. The molecule has 0 spiro atoms. The van der Waals surface area contributed by atoms with Gasteiger partial charge in [-0.25, -0.2) is 47.1 Å². The van der Waals surface area contributed by atoms with Crippen LogP contribution in [0.2, 0.25) is 10.0 Å². The number of ether oxygens (including phenoxy) is 6. The van der Waals surface area contributed by atoms with Crippen LogP contribution in [0.1, 0.15) is 188 Å². The van der Waals surface area contributed by atoms with Gasteiger partial charge < -0.3 is 79.5 Å². The van der Waals surface area contributed by atoms with Crippen molar-refractivity contribution in [3.05, 3.63) is 152 Å². The number of amides is 6. The van der Waals surface area contributed by atoms with Crippen molar-refractivity contribution >= 4 is 128 Å². The van der Waals surface area contributed by atoms with Gasteiger partial charge in [0, 0.05) is 81.6 Å². The van der Waals surface area contributed by atoms with Crippen LogP contribution in [-0.4, -0.2) is 176 Å². The molecule has 16 rings (SSSR count). The highest BCUT2D eigenvalue weighted by atomic mass is 35.5. The summed E-state index contributed by atoms with van der Waals surface area (Å²) in [6, 6.07) is 12.7. The number of nitrogens with one attached hydrogen (secondary N) is 6. The lowest BCUT2D eigenvalue weighted by atomic mass is 9.94. The minimum absolute atomic E-state index is 0.0230. The topological polar surface area (TPSA) is 352 Å². The van der Waals surface area contributed by atoms with Crippen molar-refractivity contribution < 1.29 is 93.3 Å². The number of allylic oxidation sites excluding steroid dienone is 2. The zero-order valence-electron chi connectivity index (χ0n) is 76.4. The number of carbonyl (C=O) groups is 6. The van der Waals surface area contributed by atoms with Gasteiger partial charge >= 0.3 is 12.2 Å². The summed E-state index contributed by atoms with van der Waals surface area (Å²) in [7, 11) is -5.77. The van der Waals surface area contributed by atoms with Gasteiger partial charge in [0.05, 0.1) is 68.7 Å². The highest BCUT2D eigenvalue weighted by Crippen LogP contribution is 2.74. The molecule has 720 valence electrons. The van der Waals surface area contributed by atoms with Gasteiger partial charge in [0.25, 0.3) is 0 Å². The molecule has 7 N–H and O–H groups in total. The van der Waals surface area contributed by atoms with Crippen molar-refractivity contribution in [3.63, 3.8) is 0 Å². The number of anilines is 2. The molecule has 8 aliphatic rings. The van der Waals surface area contributed by atoms with Crippen LogP contribution in [0.25, 0.3) is 44.6 Å². The summed E-state index contributed by atoms with van der Waals surface area (Å²) in [4.78, 5) is 121. The molecule has 4 aromatic carbocycles. The molecule has 6 fully saturated rings. The summed E-state index contributed by atoms with van der Waals surface area (Å²) in [6.07, 6.45) is 14.6. The monoisotopic (exact) mass is 1960 g/mol. The van der Waals surface area contributed by atoms with Crippen molar-refractivity contribution in [2.45, 2.75) is 260 Å². The smallest absolute Gasteiger partial charge is 0.408 e. The molecule has 2 unspecified atom stereocenters. The molecule has 8 aromatic rings. The molecule has 38 heteroatoms. The third kappa shape index (κ3) is 22.0. The van der Waals surface area contributed by atoms with Crippen LogP contribution in [0.3, 0.4) is 0 Å². The third-order valence-corrected chi connectivity index (χ3v) is 34.7. The quantitative estimate of drug-likeness (QED) is 0.0168. The number of alkyl carbamates (subject to hydrolysis) is 2. The maximum absolute atomic E-state index is 15.4. The van der Waals surface area contributed by atoms with Crippen LogP contribution in [-0.2, 0) is 54.6 Å². The summed E-state index contributed by atoms with van der Waals surface area (Å²) in [5.41, 5.74) is 1.83. The van der Waals surface area contributed by atoms with E-state index in [1.54, 1.807) is 49.4 Å². The average molecular weight is 1970 g/mol. The largest absolute Gasteiger partial charge is 0.495 e. The molecule has 4 aliphatic carbocycles. The fourth-order valence-corrected chi connectivity index (χ4v) is 26.9. The third-order valence-electron chi connectivity index (χ3n) is 26.5. The number of carbonyl (C=O) groups excluding carboxylic acids is 6. The van der Waals surface area contributed by atoms with Crippen LogP contribution >= 0.6 is 60.6 Å². The minimum atomic E-state index is -4.62. The number of benzene rings is 4. The summed E-state index contributed by atoms with van der Waals surface area (Å²) < 4.78 is 133. The zero-order chi connectivity index (χ0) is 95.2. The van der Waals surface area contributed by atoms with E-state index in [0.29, 0.717) is 116 Å². The number of fused-ring (bicyclic) bond motifs is 6. The minimum Gasteiger partial charge on any atom is -0.495 e. The zero-order valence-corrected chi connectivity index (χ0v) is 81.3. The molecule has 6 amide bonds. The number of pyridine rings is 2. The van der Waals surface area contributed by atoms with Crippen LogP contribution in [0.4, 0.5) is 37.4 Å². The molecule has 4 aromatic heterocycles. The van der Waals surface area contributed by atoms with Gasteiger partial charge in [0.2, 0.25) is 38.4 Å². The Labute approximate surface area is 794 Å². The Morgan fingerprint density at radius 1 is 0.552 bits per heavy atom. The predicted octanol–water partition coefficient (Wildman–Crippen LogP) is 20.2. The van der Waals surface area contributed by atoms with Gasteiger partial charge in [-0.15, -0.1) is 22.7 Å². The number of nitrogens with zero attached hydrogens (tertiary/aromatic N) is 6. The molecule has 0 radical (unpaired) electrons. The fourth-order valence-electron chi connectivity index (χ4n) is 19.2. The molecular formula is C96H116Cl2F4N12O16P2S2. The van der Waals surface area contributed by atoms with E-state index in [1.165, 1.54) is 58.8 Å². The Hall–Kier alpha value is -9.66. The summed E-state index contributed by atoms with van der Waals surface area (Å²) in [6.45, 7) is 13.2. The summed E-state index contributed by atoms with van der Waals surface area (Å²) in [5.74, 6) is -6.53. The van der Waals surface area contributed by atoms with Gasteiger partial charge in [-0.3, -0.25) is 28.3 Å². The number of hydrogen-bond acceptors (Lipinski definition) is 23. The van der Waals surface area contributed by atoms with Crippen molar-refractivity contribution in [2.24, 2.45) is 23.7 Å². The average Bonchev–Trinajstić information content (AvgIpc) is 1.55. The normalized spacial score (nSPS) is 26.2. The first kappa shape index (κ1) is 98.8. The Balaban J connectivity index is 0.000000204. The second-order valence-corrected chi connectivity index (χ2v) is 44.5. The number of aromatic nitrogens is 4. The molecule has 2 saturated heterocycles. The first-order valence-electron chi connectivity index (χ1n) is 46.3. The maximum Gasteiger partial charge on any atom is 0.408 e. The lowest BCUT2D eigenvalue weighted by Crippen LogP contribution is -2.57. The van der Waals surface area contributed by atoms with E-state index < -0.39 is 156 Å². The Morgan fingerprint density at radius 3 is 1.37 bits per heavy atom. The molecule has 14 atom stereocenters. The Bertz CT molecular complexity index is 5810. The van der Waals surface area contributed by atoms with Crippen LogP contribution in [0, 0.1) is 46.9 Å². The Morgan fingerprint density at radius 2 is 0.955 bits per heavy atom. The van der Waals surface area contributed by atoms with Gasteiger partial charge in [-0.1, -0.05) is 86.3 Å². The molecule has 0 bridgehead atoms. The predicted molar refractivity (Wildman–Crippen MR) is 507 cm³/mol. The standard InChI is InChI=1S/C49H60ClF2N6O8PS.C47H56ClF2N6O8PS/c1-6-64-67(62,26-34-35(51)18-13-19-36(34)52)49-24-30(49)15-10-8-7-9-14-29(4)43(56-48(61)66-31-16-11-12-17-31)46(60)58-25-32(22-39(58)45(59)57-49)65-41-23-37(38-27-68-47(55-38)53-28(2)3)54-44-33(41)20-21-40(63-5)42(44)50;1-26(2)51-45-53-36(25-66-45)35-21-39(31-18-19-38(62-4)40(48)42(31)52-35)63-30-20-37-43(57)55-47(65(60,61)24-32-33(49)16-11-17-34(32)50)22-28(47)13-8-6-5-7-12-27(3)41(44(58)56(37)23-30)54-46(59)64-29-14-9-10-15-29/h10,13,15,18-21,23,27-32,39,43H,6-9,11-12,14,16-17,22,24-26H2,1-5H3,(H,53,55)(H,56,61)(H,57,59);8,11,13,16-19,21,25-30,37,41H,5-7,9-10,12,14-15,20,22-24H2,1-4H3,(H,51,53)(H,54,59)(H,55,57)(H,60,61)/b15-10-;13-8-/t29-,30-,32-,39+,43+,49+,67?;27-,28-,30-,37+,41+,47+/m11/s1. The van der Waals surface area contributed by atoms with E-state index in [1.807, 2.05) is 70.5 Å². The maximum atomic E-state index is 15.4. The van der Waals surface area contributed by atoms with Crippen molar-refractivity contribution in [1.29, 1.82) is 0 Å². The molecule has 4 saturated carbocycles. The Kier molecular flexibility index (Phi) is 31.4. The highest BCUT2D eigenvalue weighted by molar-refractivity contribution is 7.60. The van der Waals surface area contributed by atoms with Crippen LogP contribution in [0.15, 0.2) is 108 Å². The molecule has 4 aliphatic heterocycles. The van der Waals surface area contributed by atoms with Crippen molar-refractivity contribution in [2.75, 3.05) is 44.5 Å². The number of methoxy groups -OCH3 is 2. The number of hydrogen-bond donors (Lipinski definition) is 7. The molecular weight excluding hydrogens is 1850 g/mol. The van der Waals surface area contributed by atoms with E-state index in [4.69, 9.17) is 76.1 Å². The molecule has 28 nitrogen and oxygen atoms in total. The first-order chi connectivity index (χ1) is 64.2. The van der Waals surface area contributed by atoms with Crippen molar-refractivity contribution in [1.82, 2.24) is 51.0 Å². The van der Waals surface area contributed by atoms with E-state index in [9.17, 15) is 32.6 Å². The number of halogens is 6. The second kappa shape index (κ2) is 42.5. The lowest BCUT2D eigenvalue weighted by molar-refractivity contribution is -0.141. The summed E-state index contributed by atoms with van der Waals surface area (Å²) in [5, 5.41) is 21.6. The van der Waals surface area contributed by atoms with Gasteiger partial charge in [-0.2, -0.15) is 0 Å². The number of rotatable bonds is 24. The van der Waals surface area contributed by atoms with Gasteiger partial charge in [0.1, 0.15) is 127 Å². The SMILES string of the molecule is CCOP(=O)(Cc1c(F)cccc1F)[C@@]12C[C@H]1/C=C\CCCC[C@@H](C)[C@H](NC(=O)OC1CCCC1)C(=O)N1C[C@H](Oc3cc(-c4csc(NC(C)C)n4)nc4c(Cl)c(OC)ccc34)C[C@H]1C(=O)N2.COc1ccc2c(O[C@@H]3C[C@H]4C(=O)N[C@]5(P(=O)(O)Cc6c(F)cccc6F)C[C@H]5/C=C\CCCC[C@@H](C)[C@H](NC(=O)OC5CCCC5)C(=O)N4C3)cc(-c3csc(NC(C)C)n3)nc2c1Cl. The van der Waals surface area contributed by atoms with E-state index in [0.717, 1.165) is 88.5 Å². The summed E-state index contributed by atoms with van der Waals surface area (Å²) >= 11 is 16.6. The van der Waals surface area contributed by atoms with Gasteiger partial charge in [-0.05, 0) is 198 Å². The first-order valence-corrected chi connectivity index (χ1v) is 52.4. The highest BCUT2D eigenvalue weighted by Gasteiger charge is 2.68. The van der Waals surface area contributed by atoms with E-state index >= 15 is 27.7 Å². The van der Waals surface area contributed by atoms with Gasteiger partial charge in [0.15, 0.2) is 10.3 Å². The van der Waals surface area contributed by atoms with Crippen molar-refractivity contribution in [3.8, 4) is 45.8 Å². The fraction of sp³-hybridized carbons (Fsp3) is 0.521.